The number of hydrogen-bond acceptors (Lipinski definition) is 2. The average molecular weight is 149 g/mol. The van der Waals surface area contributed by atoms with E-state index in [9.17, 15) is 0 Å². The highest BCUT2D eigenvalue weighted by Crippen LogP contribution is 1.85. The summed E-state index contributed by atoms with van der Waals surface area (Å²) >= 11 is 5.37. The van der Waals surface area contributed by atoms with Crippen molar-refractivity contribution in [3.63, 3.8) is 0 Å². The fourth-order valence-electron chi connectivity index (χ4n) is 0.279. The van der Waals surface area contributed by atoms with Crippen LogP contribution in [0.3, 0.4) is 0 Å². The Morgan fingerprint density at radius 3 is 2.89 bits per heavy atom. The van der Waals surface area contributed by atoms with Crippen LogP contribution in [0.4, 0.5) is 0 Å². The smallest absolute Gasteiger partial charge is 0.217 e. The van der Waals surface area contributed by atoms with E-state index in [-0.39, 0.29) is 5.29 Å². The Bertz CT molecular complexity index is 114. The lowest BCUT2D eigenvalue weighted by Gasteiger charge is -1.90. The first-order valence-electron chi connectivity index (χ1n) is 2.47. The summed E-state index contributed by atoms with van der Waals surface area (Å²) in [5.41, 5.74) is 0. The van der Waals surface area contributed by atoms with Gasteiger partial charge in [0.2, 0.25) is 5.29 Å². The van der Waals surface area contributed by atoms with Crippen molar-refractivity contribution < 1.29 is 4.74 Å². The number of hydrogen-bond donors (Lipinski definition) is 0. The Morgan fingerprint density at radius 1 is 1.78 bits per heavy atom. The van der Waals surface area contributed by atoms with Crippen LogP contribution in [-0.4, -0.2) is 32.3 Å². The van der Waals surface area contributed by atoms with Gasteiger partial charge in [-0.3, -0.25) is 4.99 Å². The van der Waals surface area contributed by atoms with Crippen LogP contribution < -0.4 is 0 Å². The molecule has 9 heavy (non-hydrogen) atoms. The van der Waals surface area contributed by atoms with E-state index in [1.807, 2.05) is 0 Å². The number of rotatable bonds is 3. The molecule has 0 saturated heterocycles. The molecule has 0 fully saturated rings. The summed E-state index contributed by atoms with van der Waals surface area (Å²) in [4.78, 5) is 7.13. The molecule has 0 aromatic rings. The number of amidine groups is 1. The van der Waals surface area contributed by atoms with Gasteiger partial charge in [-0.15, -0.1) is 0 Å². The Morgan fingerprint density at radius 2 is 2.44 bits per heavy atom. The van der Waals surface area contributed by atoms with Crippen molar-refractivity contribution in [3.05, 3.63) is 0 Å². The second kappa shape index (κ2) is 5.72. The first-order chi connectivity index (χ1) is 4.31. The van der Waals surface area contributed by atoms with Gasteiger partial charge in [-0.1, -0.05) is 0 Å². The summed E-state index contributed by atoms with van der Waals surface area (Å²) < 4.78 is 4.71. The predicted molar refractivity (Wildman–Crippen MR) is 39.6 cm³/mol. The molecule has 3 nitrogen and oxygen atoms in total. The molecule has 0 heterocycles. The fourth-order valence-corrected chi connectivity index (χ4v) is 0.364. The summed E-state index contributed by atoms with van der Waals surface area (Å²) in [5, 5.41) is 0.187. The largest absolute Gasteiger partial charge is 0.383 e. The van der Waals surface area contributed by atoms with E-state index in [2.05, 4.69) is 16.7 Å². The molecule has 0 spiro atoms. The topological polar surface area (TPSA) is 34.0 Å². The summed E-state index contributed by atoms with van der Waals surface area (Å²) in [6.07, 6.45) is 0. The van der Waals surface area contributed by atoms with E-state index in [1.165, 1.54) is 0 Å². The van der Waals surface area contributed by atoms with Gasteiger partial charge in [-0.05, 0) is 18.3 Å². The zero-order valence-electron chi connectivity index (χ0n) is 5.30. The minimum Gasteiger partial charge on any atom is -0.383 e. The second-order valence-electron chi connectivity index (χ2n) is 1.30. The van der Waals surface area contributed by atoms with Gasteiger partial charge in [0.05, 0.1) is 13.2 Å². The number of halogens is 1. The lowest BCUT2D eigenvalue weighted by molar-refractivity contribution is 0.208. The van der Waals surface area contributed by atoms with Gasteiger partial charge in [0, 0.05) is 7.11 Å². The molecule has 0 aliphatic rings. The number of methoxy groups -OCH3 is 1. The van der Waals surface area contributed by atoms with Crippen LogP contribution >= 0.6 is 11.6 Å². The Balaban J connectivity index is 3.31. The Hall–Kier alpha value is -0.410. The van der Waals surface area contributed by atoms with Gasteiger partial charge < -0.3 is 4.74 Å². The molecular weight excluding hydrogens is 140 g/mol. The lowest BCUT2D eigenvalue weighted by atomic mass is 10.7. The number of aliphatic imine (C=N–C) groups is 2. The van der Waals surface area contributed by atoms with Crippen LogP contribution in [0.15, 0.2) is 9.98 Å². The van der Waals surface area contributed by atoms with E-state index in [1.54, 1.807) is 7.11 Å². The second-order valence-corrected chi connectivity index (χ2v) is 1.64. The van der Waals surface area contributed by atoms with Gasteiger partial charge >= 0.3 is 0 Å². The molecule has 0 aliphatic heterocycles. The monoisotopic (exact) mass is 148 g/mol. The maximum absolute atomic E-state index is 5.37. The maximum atomic E-state index is 5.37. The highest BCUT2D eigenvalue weighted by molar-refractivity contribution is 6.65. The zero-order valence-corrected chi connectivity index (χ0v) is 6.06. The van der Waals surface area contributed by atoms with Crippen LogP contribution in [0.2, 0.25) is 0 Å². The third-order valence-electron chi connectivity index (χ3n) is 0.668. The molecule has 0 unspecified atom stereocenters. The van der Waals surface area contributed by atoms with Crippen LogP contribution in [0.1, 0.15) is 0 Å². The first-order valence-corrected chi connectivity index (χ1v) is 2.84. The highest BCUT2D eigenvalue weighted by atomic mass is 35.5. The van der Waals surface area contributed by atoms with Crippen LogP contribution in [-0.2, 0) is 4.74 Å². The molecule has 52 valence electrons. The van der Waals surface area contributed by atoms with E-state index >= 15 is 0 Å². The molecule has 0 bridgehead atoms. The van der Waals surface area contributed by atoms with Gasteiger partial charge in [0.1, 0.15) is 0 Å². The minimum absolute atomic E-state index is 0.187. The maximum Gasteiger partial charge on any atom is 0.217 e. The molecule has 0 aliphatic carbocycles. The van der Waals surface area contributed by atoms with Crippen LogP contribution in [0.5, 0.6) is 0 Å². The molecular formula is C5H9ClN2O. The molecule has 4 heteroatoms. The molecule has 0 radical (unpaired) electrons. The van der Waals surface area contributed by atoms with Crippen LogP contribution in [0.25, 0.3) is 0 Å². The molecule has 0 rings (SSSR count). The Kier molecular flexibility index (Phi) is 5.46. The van der Waals surface area contributed by atoms with Crippen molar-refractivity contribution in [3.8, 4) is 0 Å². The molecule has 0 saturated carbocycles. The van der Waals surface area contributed by atoms with Gasteiger partial charge in [0.25, 0.3) is 0 Å². The summed E-state index contributed by atoms with van der Waals surface area (Å²) in [7, 11) is 1.60. The third-order valence-corrected chi connectivity index (χ3v) is 0.907. The highest BCUT2D eigenvalue weighted by Gasteiger charge is 1.83. The molecule has 0 aromatic carbocycles. The third kappa shape index (κ3) is 5.46. The first kappa shape index (κ1) is 8.59. The van der Waals surface area contributed by atoms with E-state index in [0.29, 0.717) is 13.2 Å². The minimum atomic E-state index is 0.187. The summed E-state index contributed by atoms with van der Waals surface area (Å²) in [5.74, 6) is 0. The lowest BCUT2D eigenvalue weighted by Crippen LogP contribution is -1.94. The SMILES string of the molecule is C=N/C(Cl)=N\CCOC. The number of ether oxygens (including phenoxy) is 1. The summed E-state index contributed by atoms with van der Waals surface area (Å²) in [6.45, 7) is 4.28. The van der Waals surface area contributed by atoms with E-state index < -0.39 is 0 Å². The Labute approximate surface area is 59.4 Å². The normalized spacial score (nSPS) is 11.6. The van der Waals surface area contributed by atoms with Gasteiger partial charge in [-0.25, -0.2) is 4.99 Å². The molecule has 0 N–H and O–H groups in total. The average Bonchev–Trinajstić information content (AvgIpc) is 1.89. The quantitative estimate of drug-likeness (QED) is 0.254. The van der Waals surface area contributed by atoms with E-state index in [4.69, 9.17) is 16.3 Å². The van der Waals surface area contributed by atoms with Crippen molar-refractivity contribution >= 4 is 23.6 Å². The van der Waals surface area contributed by atoms with Crippen molar-refractivity contribution in [1.82, 2.24) is 0 Å². The van der Waals surface area contributed by atoms with Crippen molar-refractivity contribution in [2.45, 2.75) is 0 Å². The molecule has 0 aromatic heterocycles. The van der Waals surface area contributed by atoms with E-state index in [0.717, 1.165) is 0 Å². The van der Waals surface area contributed by atoms with Crippen molar-refractivity contribution in [1.29, 1.82) is 0 Å². The molecule has 0 atom stereocenters. The molecule has 0 amide bonds. The standard InChI is InChI=1S/C5H9ClN2O/c1-7-5(6)8-3-4-9-2/h1,3-4H2,2H3/b8-5-. The summed E-state index contributed by atoms with van der Waals surface area (Å²) in [6, 6.07) is 0. The predicted octanol–water partition coefficient (Wildman–Crippen LogP) is 0.928. The number of nitrogens with zero attached hydrogens (tertiary/aromatic N) is 2. The van der Waals surface area contributed by atoms with Gasteiger partial charge in [0.15, 0.2) is 0 Å². The van der Waals surface area contributed by atoms with Crippen LogP contribution in [0, 0.1) is 0 Å². The fraction of sp³-hybridized carbons (Fsp3) is 0.600. The van der Waals surface area contributed by atoms with Crippen molar-refractivity contribution in [2.75, 3.05) is 20.3 Å². The van der Waals surface area contributed by atoms with Crippen molar-refractivity contribution in [2.24, 2.45) is 9.98 Å². The van der Waals surface area contributed by atoms with Gasteiger partial charge in [-0.2, -0.15) is 0 Å². The zero-order chi connectivity index (χ0) is 7.11.